The highest BCUT2D eigenvalue weighted by molar-refractivity contribution is 8.13. The molecule has 9 nitrogen and oxygen atoms in total. The Bertz CT molecular complexity index is 1170. The molecular formula is C25H31F4N5O4S. The molecule has 1 fully saturated rings. The zero-order valence-electron chi connectivity index (χ0n) is 21.6. The Kier molecular flexibility index (Phi) is 10.1. The summed E-state index contributed by atoms with van der Waals surface area (Å²) in [5, 5.41) is 16.8. The summed E-state index contributed by atoms with van der Waals surface area (Å²) in [5.41, 5.74) is 2.12. The summed E-state index contributed by atoms with van der Waals surface area (Å²) in [4.78, 5) is 14.0. The van der Waals surface area contributed by atoms with Crippen LogP contribution < -0.4 is 20.1 Å². The molecule has 2 heterocycles. The Morgan fingerprint density at radius 2 is 1.85 bits per heavy atom. The van der Waals surface area contributed by atoms with Gasteiger partial charge in [-0.1, -0.05) is 0 Å². The van der Waals surface area contributed by atoms with Crippen molar-refractivity contribution in [3.63, 3.8) is 0 Å². The molecule has 1 aliphatic carbocycles. The third kappa shape index (κ3) is 7.63. The van der Waals surface area contributed by atoms with Crippen LogP contribution in [0.4, 0.5) is 35.0 Å². The zero-order chi connectivity index (χ0) is 27.9. The first kappa shape index (κ1) is 29.2. The summed E-state index contributed by atoms with van der Waals surface area (Å²) in [6, 6.07) is 2.51. The molecule has 1 aromatic heterocycles. The van der Waals surface area contributed by atoms with Crippen molar-refractivity contribution >= 4 is 34.3 Å². The van der Waals surface area contributed by atoms with Gasteiger partial charge < -0.3 is 30.0 Å². The first-order valence-electron chi connectivity index (χ1n) is 12.6. The number of aliphatic hydroxyl groups excluding tert-OH is 1. The molecular weight excluding hydrogens is 542 g/mol. The van der Waals surface area contributed by atoms with Crippen LogP contribution in [0.2, 0.25) is 0 Å². The van der Waals surface area contributed by atoms with Crippen LogP contribution in [0.15, 0.2) is 17.1 Å². The van der Waals surface area contributed by atoms with E-state index in [1.807, 2.05) is 13.8 Å². The van der Waals surface area contributed by atoms with Gasteiger partial charge in [0.25, 0.3) is 0 Å². The monoisotopic (exact) mass is 573 g/mol. The molecule has 0 spiro atoms. The Labute approximate surface area is 227 Å². The number of thioether (sulfide) groups is 1. The molecule has 0 saturated heterocycles. The van der Waals surface area contributed by atoms with Gasteiger partial charge in [0, 0.05) is 37.6 Å². The Morgan fingerprint density at radius 3 is 2.51 bits per heavy atom. The molecule has 0 bridgehead atoms. The van der Waals surface area contributed by atoms with E-state index in [9.17, 15) is 22.7 Å². The van der Waals surface area contributed by atoms with Gasteiger partial charge in [0.1, 0.15) is 10.9 Å². The minimum atomic E-state index is -3.23. The fourth-order valence-corrected chi connectivity index (χ4v) is 5.64. The smallest absolute Gasteiger partial charge is 0.387 e. The highest BCUT2D eigenvalue weighted by atomic mass is 32.2. The molecule has 2 atom stereocenters. The SMILES string of the molecule is CCOCCNc1nc(C)c(C2=Nc3cc(OC(F)F)c(OC(F)F)cc3CS2)c(N[C@H]2CCC(CO)C2)n1. The predicted molar refractivity (Wildman–Crippen MR) is 141 cm³/mol. The van der Waals surface area contributed by atoms with E-state index in [0.29, 0.717) is 64.8 Å². The van der Waals surface area contributed by atoms with Crippen LogP contribution >= 0.6 is 11.8 Å². The van der Waals surface area contributed by atoms with E-state index in [0.717, 1.165) is 19.3 Å². The van der Waals surface area contributed by atoms with Crippen molar-refractivity contribution in [1.29, 1.82) is 0 Å². The van der Waals surface area contributed by atoms with Crippen LogP contribution in [0.1, 0.15) is 43.0 Å². The quantitative estimate of drug-likeness (QED) is 0.216. The van der Waals surface area contributed by atoms with Crippen LogP contribution in [0.25, 0.3) is 0 Å². The molecule has 1 saturated carbocycles. The van der Waals surface area contributed by atoms with Crippen LogP contribution in [0, 0.1) is 12.8 Å². The van der Waals surface area contributed by atoms with Gasteiger partial charge in [-0.2, -0.15) is 22.5 Å². The van der Waals surface area contributed by atoms with Crippen molar-refractivity contribution in [1.82, 2.24) is 9.97 Å². The molecule has 214 valence electrons. The van der Waals surface area contributed by atoms with Gasteiger partial charge >= 0.3 is 13.2 Å². The van der Waals surface area contributed by atoms with Crippen molar-refractivity contribution in [2.24, 2.45) is 10.9 Å². The number of hydrogen-bond acceptors (Lipinski definition) is 10. The molecule has 1 aliphatic heterocycles. The summed E-state index contributed by atoms with van der Waals surface area (Å²) in [7, 11) is 0. The van der Waals surface area contributed by atoms with E-state index in [2.05, 4.69) is 30.1 Å². The lowest BCUT2D eigenvalue weighted by Crippen LogP contribution is -2.22. The molecule has 0 radical (unpaired) electrons. The summed E-state index contributed by atoms with van der Waals surface area (Å²) in [6.07, 6.45) is 2.55. The Morgan fingerprint density at radius 1 is 1.10 bits per heavy atom. The molecule has 3 N–H and O–H groups in total. The first-order valence-corrected chi connectivity index (χ1v) is 13.6. The van der Waals surface area contributed by atoms with Gasteiger partial charge in [-0.15, -0.1) is 11.8 Å². The van der Waals surface area contributed by atoms with E-state index >= 15 is 0 Å². The van der Waals surface area contributed by atoms with Crippen molar-refractivity contribution in [2.75, 3.05) is 37.0 Å². The van der Waals surface area contributed by atoms with E-state index < -0.39 is 24.7 Å². The molecule has 2 aromatic rings. The maximum absolute atomic E-state index is 13.0. The lowest BCUT2D eigenvalue weighted by atomic mass is 10.1. The largest absolute Gasteiger partial charge is 0.431 e. The van der Waals surface area contributed by atoms with Crippen LogP contribution in [-0.4, -0.2) is 65.7 Å². The van der Waals surface area contributed by atoms with Gasteiger partial charge in [-0.05, 0) is 50.7 Å². The summed E-state index contributed by atoms with van der Waals surface area (Å²) in [6.45, 7) is -0.970. The predicted octanol–water partition coefficient (Wildman–Crippen LogP) is 5.33. The number of alkyl halides is 4. The normalized spacial score (nSPS) is 18.7. The zero-order valence-corrected chi connectivity index (χ0v) is 22.4. The second-order valence-electron chi connectivity index (χ2n) is 9.07. The van der Waals surface area contributed by atoms with E-state index in [1.54, 1.807) is 0 Å². The number of anilines is 2. The van der Waals surface area contributed by atoms with Crippen molar-refractivity contribution in [2.45, 2.75) is 58.1 Å². The van der Waals surface area contributed by atoms with E-state index in [-0.39, 0.29) is 18.6 Å². The third-order valence-electron chi connectivity index (χ3n) is 6.34. The van der Waals surface area contributed by atoms with Crippen molar-refractivity contribution in [3.8, 4) is 11.5 Å². The maximum atomic E-state index is 13.0. The van der Waals surface area contributed by atoms with Gasteiger partial charge in [0.15, 0.2) is 11.5 Å². The molecule has 4 rings (SSSR count). The average molecular weight is 574 g/mol. The summed E-state index contributed by atoms with van der Waals surface area (Å²) in [5.74, 6) is 0.502. The topological polar surface area (TPSA) is 110 Å². The molecule has 1 unspecified atom stereocenters. The molecule has 14 heteroatoms. The average Bonchev–Trinajstić information content (AvgIpc) is 3.33. The number of hydrogen-bond donors (Lipinski definition) is 3. The van der Waals surface area contributed by atoms with Crippen LogP contribution in [0.5, 0.6) is 11.5 Å². The molecule has 1 aromatic carbocycles. The molecule has 39 heavy (non-hydrogen) atoms. The fourth-order valence-electron chi connectivity index (χ4n) is 4.56. The minimum Gasteiger partial charge on any atom is -0.431 e. The van der Waals surface area contributed by atoms with Crippen LogP contribution in [-0.2, 0) is 10.5 Å². The lowest BCUT2D eigenvalue weighted by molar-refractivity contribution is -0.0692. The number of aromatic nitrogens is 2. The second kappa shape index (κ2) is 13.5. The summed E-state index contributed by atoms with van der Waals surface area (Å²) >= 11 is 1.35. The molecule has 2 aliphatic rings. The van der Waals surface area contributed by atoms with Gasteiger partial charge in [0.05, 0.1) is 23.6 Å². The number of ether oxygens (including phenoxy) is 3. The number of fused-ring (bicyclic) bond motifs is 1. The van der Waals surface area contributed by atoms with Crippen molar-refractivity contribution < 1.29 is 36.9 Å². The van der Waals surface area contributed by atoms with Gasteiger partial charge in [0.2, 0.25) is 5.95 Å². The number of nitrogens with one attached hydrogen (secondary N) is 2. The lowest BCUT2D eigenvalue weighted by Gasteiger charge is -2.23. The van der Waals surface area contributed by atoms with Crippen molar-refractivity contribution in [3.05, 3.63) is 29.0 Å². The minimum absolute atomic E-state index is 0.0908. The molecule has 0 amide bonds. The number of rotatable bonds is 13. The number of aliphatic hydroxyl groups is 1. The Hall–Kier alpha value is -2.84. The van der Waals surface area contributed by atoms with E-state index in [4.69, 9.17) is 9.72 Å². The first-order chi connectivity index (χ1) is 18.8. The maximum Gasteiger partial charge on any atom is 0.387 e. The van der Waals surface area contributed by atoms with E-state index in [1.165, 1.54) is 23.9 Å². The fraction of sp³-hybridized carbons (Fsp3) is 0.560. The number of nitrogens with zero attached hydrogens (tertiary/aromatic N) is 3. The van der Waals surface area contributed by atoms with Gasteiger partial charge in [-0.3, -0.25) is 0 Å². The number of benzene rings is 1. The highest BCUT2D eigenvalue weighted by Gasteiger charge is 2.28. The summed E-state index contributed by atoms with van der Waals surface area (Å²) < 4.78 is 65.9. The third-order valence-corrected chi connectivity index (χ3v) is 7.37. The standard InChI is InChI=1S/C25H31F4N5O4S/c1-3-36-7-6-30-25-31-13(2)20(21(34-25)32-16-5-4-14(8-16)11-35)22-33-17-10-19(38-24(28)29)18(37-23(26)27)9-15(17)12-39-22/h9-10,14,16,23-24,35H,3-8,11-12H2,1-2H3,(H2,30,31,32,34)/t14?,16-/m0/s1. The highest BCUT2D eigenvalue weighted by Crippen LogP contribution is 2.43. The number of aryl methyl sites for hydroxylation is 1. The number of halogens is 4. The van der Waals surface area contributed by atoms with Crippen LogP contribution in [0.3, 0.4) is 0 Å². The Balaban J connectivity index is 1.69. The second-order valence-corrected chi connectivity index (χ2v) is 10.0. The number of aliphatic imine (C=N–C) groups is 1. The van der Waals surface area contributed by atoms with Gasteiger partial charge in [-0.25, -0.2) is 9.98 Å².